The normalized spacial score (nSPS) is 11.2. The molecule has 0 atom stereocenters. The molecule has 0 spiro atoms. The van der Waals surface area contributed by atoms with Gasteiger partial charge in [0.05, 0.1) is 6.61 Å². The molecule has 0 heterocycles. The molecule has 0 saturated carbocycles. The van der Waals surface area contributed by atoms with Gasteiger partial charge < -0.3 is 9.47 Å². The molecule has 0 aliphatic carbocycles. The zero-order valence-corrected chi connectivity index (χ0v) is 32.9. The minimum atomic E-state index is -0.804. The topological polar surface area (TPSA) is 69.7 Å². The number of hydrogen-bond donors (Lipinski definition) is 0. The third-order valence-electron chi connectivity index (χ3n) is 9.80. The van der Waals surface area contributed by atoms with E-state index in [1.54, 1.807) is 0 Å². The predicted molar refractivity (Wildman–Crippen MR) is 216 cm³/mol. The molecule has 0 aromatic heterocycles. The van der Waals surface area contributed by atoms with E-state index in [0.29, 0.717) is 6.61 Å². The SMILES string of the molecule is CCCCCCCCCCCCCCCCCCCCCC(=O)OC(=O)/C=C/C(=O)OCCCCCCCCCCCCCCCCCC.[NaH]. The molecule has 0 aliphatic heterocycles. The van der Waals surface area contributed by atoms with Crippen molar-refractivity contribution in [2.24, 2.45) is 0 Å². The quantitative estimate of drug-likeness (QED) is 0.0208. The van der Waals surface area contributed by atoms with Crippen LogP contribution < -0.4 is 0 Å². The van der Waals surface area contributed by atoms with Crippen LogP contribution in [0.1, 0.15) is 245 Å². The second kappa shape index (κ2) is 44.5. The molecule has 0 aromatic carbocycles. The van der Waals surface area contributed by atoms with Crippen molar-refractivity contribution in [3.8, 4) is 0 Å². The van der Waals surface area contributed by atoms with E-state index in [-0.39, 0.29) is 36.0 Å². The zero-order chi connectivity index (χ0) is 35.7. The van der Waals surface area contributed by atoms with Crippen molar-refractivity contribution >= 4 is 47.5 Å². The first kappa shape index (κ1) is 51.5. The van der Waals surface area contributed by atoms with Crippen LogP contribution in [0.5, 0.6) is 0 Å². The summed E-state index contributed by atoms with van der Waals surface area (Å²) < 4.78 is 9.97. The van der Waals surface area contributed by atoms with Crippen molar-refractivity contribution in [1.82, 2.24) is 0 Å². The minimum absolute atomic E-state index is 0. The van der Waals surface area contributed by atoms with Gasteiger partial charge in [0.25, 0.3) is 0 Å². The van der Waals surface area contributed by atoms with Crippen molar-refractivity contribution in [3.05, 3.63) is 12.2 Å². The van der Waals surface area contributed by atoms with Gasteiger partial charge in [0.2, 0.25) is 0 Å². The number of unbranched alkanes of at least 4 members (excludes halogenated alkanes) is 33. The van der Waals surface area contributed by atoms with E-state index in [4.69, 9.17) is 9.47 Å². The van der Waals surface area contributed by atoms with Crippen LogP contribution in [0.15, 0.2) is 12.2 Å². The average molecular weight is 715 g/mol. The van der Waals surface area contributed by atoms with Crippen LogP contribution in [0.2, 0.25) is 0 Å². The van der Waals surface area contributed by atoms with Crippen LogP contribution in [0, 0.1) is 0 Å². The molecule has 0 unspecified atom stereocenters. The predicted octanol–water partition coefficient (Wildman–Crippen LogP) is 13.6. The molecule has 0 radical (unpaired) electrons. The summed E-state index contributed by atoms with van der Waals surface area (Å²) in [6.07, 6.45) is 47.9. The van der Waals surface area contributed by atoms with Gasteiger partial charge in [0.1, 0.15) is 0 Å². The Morgan fingerprint density at radius 2 is 0.620 bits per heavy atom. The van der Waals surface area contributed by atoms with Crippen molar-refractivity contribution < 1.29 is 23.9 Å². The number of esters is 3. The van der Waals surface area contributed by atoms with Gasteiger partial charge in [-0.25, -0.2) is 9.59 Å². The Hall–Kier alpha value is -0.650. The van der Waals surface area contributed by atoms with Crippen LogP contribution in [-0.2, 0) is 23.9 Å². The van der Waals surface area contributed by atoms with Crippen LogP contribution in [0.4, 0.5) is 0 Å². The van der Waals surface area contributed by atoms with Gasteiger partial charge in [0.15, 0.2) is 0 Å². The first-order valence-corrected chi connectivity index (χ1v) is 21.7. The molecular formula is C44H83NaO5. The monoisotopic (exact) mass is 715 g/mol. The fraction of sp³-hybridized carbons (Fsp3) is 0.886. The molecule has 0 aromatic rings. The van der Waals surface area contributed by atoms with E-state index >= 15 is 0 Å². The van der Waals surface area contributed by atoms with Crippen molar-refractivity contribution in [1.29, 1.82) is 0 Å². The van der Waals surface area contributed by atoms with Gasteiger partial charge in [-0.15, -0.1) is 0 Å². The summed E-state index contributed by atoms with van der Waals surface area (Å²) in [5.41, 5.74) is 0. The van der Waals surface area contributed by atoms with Crippen LogP contribution >= 0.6 is 0 Å². The first-order chi connectivity index (χ1) is 24.1. The van der Waals surface area contributed by atoms with Gasteiger partial charge in [-0.1, -0.05) is 226 Å². The third-order valence-corrected chi connectivity index (χ3v) is 9.80. The fourth-order valence-corrected chi connectivity index (χ4v) is 6.55. The number of carbonyl (C=O) groups excluding carboxylic acids is 3. The van der Waals surface area contributed by atoms with E-state index in [2.05, 4.69) is 13.8 Å². The molecule has 5 nitrogen and oxygen atoms in total. The van der Waals surface area contributed by atoms with Gasteiger partial charge in [-0.05, 0) is 12.8 Å². The Kier molecular flexibility index (Phi) is 45.8. The number of hydrogen-bond acceptors (Lipinski definition) is 5. The summed E-state index contributed by atoms with van der Waals surface area (Å²) >= 11 is 0. The van der Waals surface area contributed by atoms with Gasteiger partial charge in [-0.3, -0.25) is 4.79 Å². The molecule has 0 N–H and O–H groups in total. The Morgan fingerprint density at radius 3 is 0.940 bits per heavy atom. The molecule has 0 rings (SSSR count). The van der Waals surface area contributed by atoms with E-state index in [9.17, 15) is 14.4 Å². The summed E-state index contributed by atoms with van der Waals surface area (Å²) in [7, 11) is 0. The van der Waals surface area contributed by atoms with Crippen molar-refractivity contribution in [2.45, 2.75) is 245 Å². The maximum atomic E-state index is 11.9. The Balaban J connectivity index is 0. The summed E-state index contributed by atoms with van der Waals surface area (Å²) in [4.78, 5) is 35.6. The standard InChI is InChI=1S/C44H82O5.Na.H/c1-3-5-7-9-11-13-15-17-19-21-22-23-24-26-28-30-32-34-36-38-43(46)49-44(47)40-39-42(45)48-41-37-35-33-31-29-27-25-20-18-16-14-12-10-8-6-4-2;;/h39-40H,3-38,41H2,1-2H3;;/b40-39+;;. The molecule has 0 amide bonds. The molecule has 0 bridgehead atoms. The van der Waals surface area contributed by atoms with E-state index in [0.717, 1.165) is 44.3 Å². The zero-order valence-electron chi connectivity index (χ0n) is 32.9. The van der Waals surface area contributed by atoms with Gasteiger partial charge in [-0.2, -0.15) is 0 Å². The number of rotatable bonds is 39. The summed E-state index contributed by atoms with van der Waals surface area (Å²) in [5.74, 6) is -1.89. The molecule has 6 heteroatoms. The van der Waals surface area contributed by atoms with Crippen LogP contribution in [-0.4, -0.2) is 54.1 Å². The fourth-order valence-electron chi connectivity index (χ4n) is 6.55. The van der Waals surface area contributed by atoms with Crippen molar-refractivity contribution in [2.75, 3.05) is 6.61 Å². The maximum absolute atomic E-state index is 11.9. The molecule has 0 fully saturated rings. The van der Waals surface area contributed by atoms with Crippen LogP contribution in [0.3, 0.4) is 0 Å². The molecule has 0 saturated heterocycles. The number of ether oxygens (including phenoxy) is 2. The Bertz CT molecular complexity index is 753. The van der Waals surface area contributed by atoms with Crippen molar-refractivity contribution in [3.63, 3.8) is 0 Å². The van der Waals surface area contributed by atoms with Gasteiger partial charge in [0, 0.05) is 18.6 Å². The molecule has 290 valence electrons. The second-order valence-electron chi connectivity index (χ2n) is 14.7. The molecule has 50 heavy (non-hydrogen) atoms. The average Bonchev–Trinajstić information content (AvgIpc) is 3.09. The van der Waals surface area contributed by atoms with E-state index in [1.165, 1.54) is 193 Å². The van der Waals surface area contributed by atoms with E-state index in [1.807, 2.05) is 0 Å². The van der Waals surface area contributed by atoms with Crippen LogP contribution in [0.25, 0.3) is 0 Å². The van der Waals surface area contributed by atoms with E-state index < -0.39 is 17.9 Å². The summed E-state index contributed by atoms with van der Waals surface area (Å²) in [5, 5.41) is 0. The Labute approximate surface area is 333 Å². The first-order valence-electron chi connectivity index (χ1n) is 21.7. The molecular weight excluding hydrogens is 631 g/mol. The Morgan fingerprint density at radius 1 is 0.360 bits per heavy atom. The number of carbonyl (C=O) groups is 3. The molecule has 0 aliphatic rings. The third kappa shape index (κ3) is 43.5. The van der Waals surface area contributed by atoms with Gasteiger partial charge >= 0.3 is 47.5 Å². The summed E-state index contributed by atoms with van der Waals surface area (Å²) in [6.45, 7) is 4.91. The summed E-state index contributed by atoms with van der Waals surface area (Å²) in [6, 6.07) is 0. The second-order valence-corrected chi connectivity index (χ2v) is 14.7.